The lowest BCUT2D eigenvalue weighted by Crippen LogP contribution is -2.29. The number of hydrogen-bond acceptors (Lipinski definition) is 5. The zero-order chi connectivity index (χ0) is 13.4. The van der Waals surface area contributed by atoms with E-state index in [4.69, 9.17) is 21.6 Å². The fraction of sp³-hybridized carbons (Fsp3) is 0.583. The Bertz CT molecular complexity index is 399. The molecule has 18 heavy (non-hydrogen) atoms. The number of ether oxygens (including phenoxy) is 1. The minimum absolute atomic E-state index is 0.449. The summed E-state index contributed by atoms with van der Waals surface area (Å²) in [5.41, 5.74) is 0.844. The van der Waals surface area contributed by atoms with Crippen LogP contribution in [-0.4, -0.2) is 41.7 Å². The molecule has 0 N–H and O–H groups in total. The molecule has 0 aliphatic heterocycles. The first-order chi connectivity index (χ1) is 8.65. The van der Waals surface area contributed by atoms with E-state index >= 15 is 0 Å². The van der Waals surface area contributed by atoms with Gasteiger partial charge in [0.1, 0.15) is 11.0 Å². The van der Waals surface area contributed by atoms with Crippen molar-refractivity contribution in [2.45, 2.75) is 19.9 Å². The van der Waals surface area contributed by atoms with E-state index in [-0.39, 0.29) is 0 Å². The highest BCUT2D eigenvalue weighted by atomic mass is 35.5. The summed E-state index contributed by atoms with van der Waals surface area (Å²) in [5, 5.41) is 9.08. The van der Waals surface area contributed by atoms with Crippen molar-refractivity contribution in [1.82, 2.24) is 14.9 Å². The van der Waals surface area contributed by atoms with Crippen LogP contribution in [0.25, 0.3) is 0 Å². The van der Waals surface area contributed by atoms with Crippen LogP contribution in [0.5, 0.6) is 0 Å². The molecule has 0 aliphatic carbocycles. The Balaban J connectivity index is 2.65. The molecule has 1 aromatic rings. The van der Waals surface area contributed by atoms with Crippen LogP contribution in [0.15, 0.2) is 6.07 Å². The van der Waals surface area contributed by atoms with Gasteiger partial charge in [-0.3, -0.25) is 4.90 Å². The zero-order valence-electron chi connectivity index (χ0n) is 10.7. The van der Waals surface area contributed by atoms with Gasteiger partial charge >= 0.3 is 0 Å². The number of rotatable bonds is 7. The Morgan fingerprint density at radius 1 is 1.44 bits per heavy atom. The number of nitriles is 1. The van der Waals surface area contributed by atoms with E-state index in [1.807, 2.05) is 6.92 Å². The van der Waals surface area contributed by atoms with Crippen LogP contribution in [0.4, 0.5) is 0 Å². The van der Waals surface area contributed by atoms with Crippen molar-refractivity contribution in [2.75, 3.05) is 26.8 Å². The molecule has 1 heterocycles. The molecule has 1 aromatic heterocycles. The van der Waals surface area contributed by atoms with E-state index in [0.29, 0.717) is 37.1 Å². The lowest BCUT2D eigenvalue weighted by Gasteiger charge is -2.19. The van der Waals surface area contributed by atoms with Crippen LogP contribution < -0.4 is 0 Å². The van der Waals surface area contributed by atoms with Gasteiger partial charge in [-0.25, -0.2) is 9.97 Å². The SMILES string of the molecule is COCCN(CCC#N)Cc1nc(C)cc(Cl)n1. The average Bonchev–Trinajstić information content (AvgIpc) is 2.31. The quantitative estimate of drug-likeness (QED) is 0.706. The fourth-order valence-corrected chi connectivity index (χ4v) is 1.81. The molecule has 0 aromatic carbocycles. The molecule has 6 heteroatoms. The Labute approximate surface area is 112 Å². The molecule has 0 saturated heterocycles. The third-order valence-electron chi connectivity index (χ3n) is 2.39. The van der Waals surface area contributed by atoms with Gasteiger partial charge in [0, 0.05) is 32.3 Å². The van der Waals surface area contributed by atoms with Gasteiger partial charge in [0.2, 0.25) is 0 Å². The molecule has 5 nitrogen and oxygen atoms in total. The number of halogens is 1. The highest BCUT2D eigenvalue weighted by molar-refractivity contribution is 6.29. The minimum Gasteiger partial charge on any atom is -0.383 e. The zero-order valence-corrected chi connectivity index (χ0v) is 11.4. The largest absolute Gasteiger partial charge is 0.383 e. The summed E-state index contributed by atoms with van der Waals surface area (Å²) in [5.74, 6) is 0.675. The molecule has 1 rings (SSSR count). The lowest BCUT2D eigenvalue weighted by molar-refractivity contribution is 0.144. The third-order valence-corrected chi connectivity index (χ3v) is 2.58. The van der Waals surface area contributed by atoms with Crippen molar-refractivity contribution in [2.24, 2.45) is 0 Å². The fourth-order valence-electron chi connectivity index (χ4n) is 1.56. The lowest BCUT2D eigenvalue weighted by atomic mass is 10.3. The van der Waals surface area contributed by atoms with Crippen molar-refractivity contribution in [3.05, 3.63) is 22.7 Å². The summed E-state index contributed by atoms with van der Waals surface area (Å²) in [6.45, 7) is 4.49. The number of aromatic nitrogens is 2. The summed E-state index contributed by atoms with van der Waals surface area (Å²) in [6, 6.07) is 3.86. The van der Waals surface area contributed by atoms with Gasteiger partial charge in [-0.05, 0) is 13.0 Å². The highest BCUT2D eigenvalue weighted by Crippen LogP contribution is 2.08. The topological polar surface area (TPSA) is 62.0 Å². The van der Waals surface area contributed by atoms with Crippen LogP contribution in [0.1, 0.15) is 17.9 Å². The van der Waals surface area contributed by atoms with Crippen molar-refractivity contribution < 1.29 is 4.74 Å². The van der Waals surface area contributed by atoms with Gasteiger partial charge in [0.15, 0.2) is 0 Å². The van der Waals surface area contributed by atoms with Crippen molar-refractivity contribution in [3.8, 4) is 6.07 Å². The Kier molecular flexibility index (Phi) is 6.58. The molecule has 98 valence electrons. The second-order valence-electron chi connectivity index (χ2n) is 3.93. The molecule has 0 bridgehead atoms. The van der Waals surface area contributed by atoms with Crippen molar-refractivity contribution >= 4 is 11.6 Å². The van der Waals surface area contributed by atoms with Crippen LogP contribution in [0.3, 0.4) is 0 Å². The van der Waals surface area contributed by atoms with Gasteiger partial charge in [-0.1, -0.05) is 11.6 Å². The molecular formula is C12H17ClN4O. The summed E-state index contributed by atoms with van der Waals surface area (Å²) < 4.78 is 5.05. The summed E-state index contributed by atoms with van der Waals surface area (Å²) in [4.78, 5) is 10.6. The summed E-state index contributed by atoms with van der Waals surface area (Å²) in [6.07, 6.45) is 0.475. The maximum Gasteiger partial charge on any atom is 0.144 e. The Morgan fingerprint density at radius 3 is 2.83 bits per heavy atom. The monoisotopic (exact) mass is 268 g/mol. The first kappa shape index (κ1) is 14.8. The van der Waals surface area contributed by atoms with Crippen LogP contribution in [0, 0.1) is 18.3 Å². The van der Waals surface area contributed by atoms with Crippen LogP contribution >= 0.6 is 11.6 Å². The molecule has 0 spiro atoms. The van der Waals surface area contributed by atoms with E-state index < -0.39 is 0 Å². The first-order valence-corrected chi connectivity index (χ1v) is 6.12. The van der Waals surface area contributed by atoms with E-state index in [1.165, 1.54) is 0 Å². The average molecular weight is 269 g/mol. The second-order valence-corrected chi connectivity index (χ2v) is 4.31. The van der Waals surface area contributed by atoms with Crippen molar-refractivity contribution in [3.63, 3.8) is 0 Å². The molecule has 0 atom stereocenters. The highest BCUT2D eigenvalue weighted by Gasteiger charge is 2.09. The smallest absolute Gasteiger partial charge is 0.144 e. The molecule has 0 aliphatic rings. The minimum atomic E-state index is 0.449. The predicted molar refractivity (Wildman–Crippen MR) is 69.2 cm³/mol. The number of aryl methyl sites for hydroxylation is 1. The van der Waals surface area contributed by atoms with E-state index in [1.54, 1.807) is 13.2 Å². The normalized spacial score (nSPS) is 10.6. The molecule has 0 radical (unpaired) electrons. The third kappa shape index (κ3) is 5.41. The molecule has 0 fully saturated rings. The first-order valence-electron chi connectivity index (χ1n) is 5.74. The van der Waals surface area contributed by atoms with Crippen molar-refractivity contribution in [1.29, 1.82) is 5.26 Å². The number of methoxy groups -OCH3 is 1. The summed E-state index contributed by atoms with van der Waals surface area (Å²) >= 11 is 5.90. The number of hydrogen-bond donors (Lipinski definition) is 0. The maximum atomic E-state index is 8.63. The van der Waals surface area contributed by atoms with E-state index in [0.717, 1.165) is 12.2 Å². The van der Waals surface area contributed by atoms with Crippen LogP contribution in [-0.2, 0) is 11.3 Å². The van der Waals surface area contributed by atoms with Gasteiger partial charge in [0.25, 0.3) is 0 Å². The summed E-state index contributed by atoms with van der Waals surface area (Å²) in [7, 11) is 1.66. The Morgan fingerprint density at radius 2 is 2.22 bits per heavy atom. The Hall–Kier alpha value is -1.22. The van der Waals surface area contributed by atoms with E-state index in [2.05, 4.69) is 20.9 Å². The maximum absolute atomic E-state index is 8.63. The van der Waals surface area contributed by atoms with Gasteiger partial charge < -0.3 is 4.74 Å². The molecule has 0 amide bonds. The standard InChI is InChI=1S/C12H17ClN4O/c1-10-8-11(13)16-12(15-10)9-17(5-3-4-14)6-7-18-2/h8H,3,5-7,9H2,1-2H3. The number of nitrogens with zero attached hydrogens (tertiary/aromatic N) is 4. The molecular weight excluding hydrogens is 252 g/mol. The molecule has 0 unspecified atom stereocenters. The van der Waals surface area contributed by atoms with Gasteiger partial charge in [-0.2, -0.15) is 5.26 Å². The second kappa shape index (κ2) is 7.98. The van der Waals surface area contributed by atoms with Crippen LogP contribution in [0.2, 0.25) is 5.15 Å². The van der Waals surface area contributed by atoms with Gasteiger partial charge in [-0.15, -0.1) is 0 Å². The van der Waals surface area contributed by atoms with Gasteiger partial charge in [0.05, 0.1) is 19.2 Å². The van der Waals surface area contributed by atoms with E-state index in [9.17, 15) is 0 Å². The predicted octanol–water partition coefficient (Wildman–Crippen LogP) is 1.80. The molecule has 0 saturated carbocycles.